The molecule has 5 heteroatoms. The summed E-state index contributed by atoms with van der Waals surface area (Å²) in [6.07, 6.45) is 3.13. The van der Waals surface area contributed by atoms with Gasteiger partial charge in [0.2, 0.25) is 0 Å². The van der Waals surface area contributed by atoms with Gasteiger partial charge in [0.25, 0.3) is 5.91 Å². The zero-order valence-electron chi connectivity index (χ0n) is 12.3. The minimum Gasteiger partial charge on any atom is -0.496 e. The highest BCUT2D eigenvalue weighted by atomic mass is 16.5. The Balaban J connectivity index is 2.18. The number of rotatable bonds is 4. The van der Waals surface area contributed by atoms with Crippen LogP contribution in [0.4, 0.5) is 0 Å². The summed E-state index contributed by atoms with van der Waals surface area (Å²) in [6, 6.07) is 9.08. The van der Waals surface area contributed by atoms with Gasteiger partial charge >= 0.3 is 0 Å². The molecular formula is C16H17N3O2. The Morgan fingerprint density at radius 2 is 1.95 bits per heavy atom. The third-order valence-electron chi connectivity index (χ3n) is 3.01. The molecule has 21 heavy (non-hydrogen) atoms. The Labute approximate surface area is 123 Å². The van der Waals surface area contributed by atoms with Gasteiger partial charge in [-0.25, -0.2) is 5.43 Å². The number of aryl methyl sites for hydroxylation is 1. The molecular weight excluding hydrogens is 266 g/mol. The number of hydrazone groups is 1. The summed E-state index contributed by atoms with van der Waals surface area (Å²) in [5.41, 5.74) is 5.68. The molecule has 1 heterocycles. The molecule has 0 radical (unpaired) electrons. The lowest BCUT2D eigenvalue weighted by Crippen LogP contribution is -2.19. The average molecular weight is 283 g/mol. The van der Waals surface area contributed by atoms with E-state index >= 15 is 0 Å². The second-order valence-corrected chi connectivity index (χ2v) is 4.58. The van der Waals surface area contributed by atoms with Gasteiger partial charge in [-0.2, -0.15) is 5.10 Å². The molecule has 0 aliphatic heterocycles. The molecule has 0 aliphatic rings. The second kappa shape index (κ2) is 6.65. The first kappa shape index (κ1) is 14.7. The fourth-order valence-corrected chi connectivity index (χ4v) is 1.87. The summed E-state index contributed by atoms with van der Waals surface area (Å²) in [5, 5.41) is 4.14. The van der Waals surface area contributed by atoms with Gasteiger partial charge < -0.3 is 4.74 Å². The van der Waals surface area contributed by atoms with Crippen molar-refractivity contribution in [3.63, 3.8) is 0 Å². The number of carbonyl (C=O) groups excluding carboxylic acids is 1. The van der Waals surface area contributed by atoms with Crippen molar-refractivity contribution in [2.45, 2.75) is 13.8 Å². The second-order valence-electron chi connectivity index (χ2n) is 4.58. The smallest absolute Gasteiger partial charge is 0.271 e. The predicted molar refractivity (Wildman–Crippen MR) is 81.6 cm³/mol. The number of ether oxygens (including phenoxy) is 1. The molecule has 1 amide bonds. The SMILES string of the molecule is COc1ccc(C)cc1/C(C)=N\NC(=O)c1ccncc1. The van der Waals surface area contributed by atoms with E-state index in [0.717, 1.165) is 16.9 Å². The fraction of sp³-hybridized carbons (Fsp3) is 0.188. The van der Waals surface area contributed by atoms with E-state index in [2.05, 4.69) is 15.5 Å². The molecule has 5 nitrogen and oxygen atoms in total. The van der Waals surface area contributed by atoms with Gasteiger partial charge in [-0.05, 0) is 38.1 Å². The average Bonchev–Trinajstić information content (AvgIpc) is 2.53. The van der Waals surface area contributed by atoms with Crippen molar-refractivity contribution in [3.05, 3.63) is 59.4 Å². The normalized spacial score (nSPS) is 11.1. The number of methoxy groups -OCH3 is 1. The number of hydrogen-bond donors (Lipinski definition) is 1. The van der Waals surface area contributed by atoms with E-state index in [-0.39, 0.29) is 5.91 Å². The maximum Gasteiger partial charge on any atom is 0.271 e. The zero-order chi connectivity index (χ0) is 15.2. The first-order valence-corrected chi connectivity index (χ1v) is 6.51. The monoisotopic (exact) mass is 283 g/mol. The number of aromatic nitrogens is 1. The lowest BCUT2D eigenvalue weighted by molar-refractivity contribution is 0.0954. The highest BCUT2D eigenvalue weighted by Gasteiger charge is 2.08. The van der Waals surface area contributed by atoms with Gasteiger partial charge in [-0.1, -0.05) is 11.6 Å². The highest BCUT2D eigenvalue weighted by molar-refractivity contribution is 6.02. The number of pyridine rings is 1. The van der Waals surface area contributed by atoms with Crippen LogP contribution < -0.4 is 10.2 Å². The molecule has 0 unspecified atom stereocenters. The van der Waals surface area contributed by atoms with Gasteiger partial charge in [0.05, 0.1) is 12.8 Å². The van der Waals surface area contributed by atoms with Crippen molar-refractivity contribution in [1.29, 1.82) is 0 Å². The third-order valence-corrected chi connectivity index (χ3v) is 3.01. The number of amides is 1. The molecule has 1 aromatic heterocycles. The Morgan fingerprint density at radius 1 is 1.24 bits per heavy atom. The molecule has 0 aliphatic carbocycles. The van der Waals surface area contributed by atoms with Crippen molar-refractivity contribution in [3.8, 4) is 5.75 Å². The number of benzene rings is 1. The number of nitrogens with zero attached hydrogens (tertiary/aromatic N) is 2. The van der Waals surface area contributed by atoms with E-state index in [1.165, 1.54) is 0 Å². The fourth-order valence-electron chi connectivity index (χ4n) is 1.87. The largest absolute Gasteiger partial charge is 0.496 e. The lowest BCUT2D eigenvalue weighted by Gasteiger charge is -2.09. The molecule has 1 aromatic carbocycles. The van der Waals surface area contributed by atoms with Crippen LogP contribution in [0.1, 0.15) is 28.4 Å². The van der Waals surface area contributed by atoms with E-state index in [4.69, 9.17) is 4.74 Å². The van der Waals surface area contributed by atoms with Crippen LogP contribution >= 0.6 is 0 Å². The standard InChI is InChI=1S/C16H17N3O2/c1-11-4-5-15(21-3)14(10-11)12(2)18-19-16(20)13-6-8-17-9-7-13/h4-10H,1-3H3,(H,19,20)/b18-12-. The highest BCUT2D eigenvalue weighted by Crippen LogP contribution is 2.20. The minimum atomic E-state index is -0.275. The molecule has 2 aromatic rings. The summed E-state index contributed by atoms with van der Waals surface area (Å²) in [5.74, 6) is 0.448. The van der Waals surface area contributed by atoms with Gasteiger partial charge in [-0.15, -0.1) is 0 Å². The van der Waals surface area contributed by atoms with Crippen molar-refractivity contribution < 1.29 is 9.53 Å². The van der Waals surface area contributed by atoms with E-state index in [0.29, 0.717) is 11.3 Å². The molecule has 0 bridgehead atoms. The molecule has 2 rings (SSSR count). The van der Waals surface area contributed by atoms with Crippen LogP contribution in [-0.4, -0.2) is 23.7 Å². The predicted octanol–water partition coefficient (Wildman–Crippen LogP) is 2.55. The Kier molecular flexibility index (Phi) is 4.66. The van der Waals surface area contributed by atoms with Crippen LogP contribution in [0.25, 0.3) is 0 Å². The maximum absolute atomic E-state index is 11.9. The van der Waals surface area contributed by atoms with Crippen molar-refractivity contribution in [2.75, 3.05) is 7.11 Å². The molecule has 1 N–H and O–H groups in total. The summed E-state index contributed by atoms with van der Waals surface area (Å²) in [4.78, 5) is 15.8. The Hall–Kier alpha value is -2.69. The van der Waals surface area contributed by atoms with Crippen LogP contribution in [0.3, 0.4) is 0 Å². The Bertz CT molecular complexity index is 666. The van der Waals surface area contributed by atoms with Gasteiger partial charge in [0.15, 0.2) is 0 Å². The first-order chi connectivity index (χ1) is 10.1. The first-order valence-electron chi connectivity index (χ1n) is 6.51. The molecule has 0 saturated heterocycles. The van der Waals surface area contributed by atoms with Crippen LogP contribution in [0.5, 0.6) is 5.75 Å². The van der Waals surface area contributed by atoms with Crippen LogP contribution in [-0.2, 0) is 0 Å². The van der Waals surface area contributed by atoms with E-state index < -0.39 is 0 Å². The van der Waals surface area contributed by atoms with Crippen molar-refractivity contribution >= 4 is 11.6 Å². The summed E-state index contributed by atoms with van der Waals surface area (Å²) in [7, 11) is 1.61. The van der Waals surface area contributed by atoms with Crippen molar-refractivity contribution in [2.24, 2.45) is 5.10 Å². The molecule has 0 saturated carbocycles. The molecule has 0 fully saturated rings. The summed E-state index contributed by atoms with van der Waals surface area (Å²) < 4.78 is 5.31. The van der Waals surface area contributed by atoms with Gasteiger partial charge in [-0.3, -0.25) is 9.78 Å². The quantitative estimate of drug-likeness (QED) is 0.693. The number of hydrogen-bond acceptors (Lipinski definition) is 4. The van der Waals surface area contributed by atoms with E-state index in [9.17, 15) is 4.79 Å². The van der Waals surface area contributed by atoms with E-state index in [1.54, 1.807) is 31.6 Å². The number of carbonyl (C=O) groups is 1. The van der Waals surface area contributed by atoms with Gasteiger partial charge in [0, 0.05) is 23.5 Å². The maximum atomic E-state index is 11.9. The van der Waals surface area contributed by atoms with Crippen LogP contribution in [0, 0.1) is 6.92 Å². The third kappa shape index (κ3) is 3.66. The summed E-state index contributed by atoms with van der Waals surface area (Å²) in [6.45, 7) is 3.82. The molecule has 0 spiro atoms. The molecule has 108 valence electrons. The minimum absolute atomic E-state index is 0.275. The van der Waals surface area contributed by atoms with Crippen molar-refractivity contribution in [1.82, 2.24) is 10.4 Å². The van der Waals surface area contributed by atoms with Crippen LogP contribution in [0.2, 0.25) is 0 Å². The zero-order valence-corrected chi connectivity index (χ0v) is 12.3. The number of nitrogens with one attached hydrogen (secondary N) is 1. The Morgan fingerprint density at radius 3 is 2.62 bits per heavy atom. The van der Waals surface area contributed by atoms with Gasteiger partial charge in [0.1, 0.15) is 5.75 Å². The van der Waals surface area contributed by atoms with Crippen LogP contribution in [0.15, 0.2) is 47.8 Å². The molecule has 0 atom stereocenters. The summed E-state index contributed by atoms with van der Waals surface area (Å²) >= 11 is 0. The topological polar surface area (TPSA) is 63.6 Å². The van der Waals surface area contributed by atoms with E-state index in [1.807, 2.05) is 32.0 Å². The lowest BCUT2D eigenvalue weighted by atomic mass is 10.1.